The highest BCUT2D eigenvalue weighted by molar-refractivity contribution is 5.85. The fraction of sp³-hybridized carbons (Fsp3) is 1.00. The minimum atomic E-state index is 0. The van der Waals surface area contributed by atoms with Crippen molar-refractivity contribution in [1.82, 2.24) is 0 Å². The van der Waals surface area contributed by atoms with Crippen LogP contribution in [0.25, 0.3) is 0 Å². The molecule has 2 N–H and O–H groups in total. The summed E-state index contributed by atoms with van der Waals surface area (Å²) in [7, 11) is 1.75. The van der Waals surface area contributed by atoms with Crippen molar-refractivity contribution in [3.05, 3.63) is 0 Å². The SMILES string of the molecule is COCC12COC(CN)(C1)C2.Cl. The van der Waals surface area contributed by atoms with Crippen LogP contribution < -0.4 is 5.73 Å². The quantitative estimate of drug-likeness (QED) is 0.713. The molecule has 1 saturated carbocycles. The molecule has 0 amide bonds. The summed E-state index contributed by atoms with van der Waals surface area (Å²) in [6, 6.07) is 0. The first-order valence-electron chi connectivity index (χ1n) is 4.07. The summed E-state index contributed by atoms with van der Waals surface area (Å²) in [5, 5.41) is 0. The van der Waals surface area contributed by atoms with Crippen molar-refractivity contribution in [2.45, 2.75) is 18.4 Å². The van der Waals surface area contributed by atoms with Crippen LogP contribution in [-0.2, 0) is 9.47 Å². The van der Waals surface area contributed by atoms with Gasteiger partial charge in [0.2, 0.25) is 0 Å². The second kappa shape index (κ2) is 3.14. The van der Waals surface area contributed by atoms with Crippen molar-refractivity contribution in [2.75, 3.05) is 26.9 Å². The Hall–Kier alpha value is 0.170. The standard InChI is InChI=1S/C8H15NO2.ClH/c1-10-5-7-2-8(3-7,4-9)11-6-7;/h2-6,9H2,1H3;1H. The van der Waals surface area contributed by atoms with Gasteiger partial charge in [0.25, 0.3) is 0 Å². The minimum Gasteiger partial charge on any atom is -0.384 e. The van der Waals surface area contributed by atoms with Crippen molar-refractivity contribution in [3.63, 3.8) is 0 Å². The molecule has 3 aliphatic rings. The largest absolute Gasteiger partial charge is 0.384 e. The number of methoxy groups -OCH3 is 1. The van der Waals surface area contributed by atoms with Gasteiger partial charge in [-0.05, 0) is 12.8 Å². The monoisotopic (exact) mass is 193 g/mol. The average Bonchev–Trinajstić information content (AvgIpc) is 2.43. The molecular formula is C8H16ClNO2. The van der Waals surface area contributed by atoms with E-state index in [9.17, 15) is 0 Å². The molecule has 2 saturated heterocycles. The van der Waals surface area contributed by atoms with Crippen molar-refractivity contribution >= 4 is 12.4 Å². The zero-order chi connectivity index (χ0) is 7.95. The summed E-state index contributed by atoms with van der Waals surface area (Å²) < 4.78 is 10.7. The highest BCUT2D eigenvalue weighted by Crippen LogP contribution is 2.57. The highest BCUT2D eigenvalue weighted by Gasteiger charge is 2.61. The van der Waals surface area contributed by atoms with E-state index >= 15 is 0 Å². The Morgan fingerprint density at radius 3 is 2.58 bits per heavy atom. The van der Waals surface area contributed by atoms with E-state index in [2.05, 4.69) is 0 Å². The lowest BCUT2D eigenvalue weighted by Gasteiger charge is -2.43. The maximum atomic E-state index is 5.61. The Labute approximate surface area is 79.0 Å². The van der Waals surface area contributed by atoms with Crippen molar-refractivity contribution < 1.29 is 9.47 Å². The van der Waals surface area contributed by atoms with Crippen LogP contribution in [0.2, 0.25) is 0 Å². The Bertz CT molecular complexity index is 168. The third kappa shape index (κ3) is 1.25. The molecule has 0 aromatic carbocycles. The molecule has 2 heterocycles. The number of ether oxygens (including phenoxy) is 2. The van der Waals surface area contributed by atoms with E-state index in [0.29, 0.717) is 12.0 Å². The molecule has 0 aromatic heterocycles. The topological polar surface area (TPSA) is 44.5 Å². The fourth-order valence-corrected chi connectivity index (χ4v) is 2.48. The molecule has 0 unspecified atom stereocenters. The number of fused-ring (bicyclic) bond motifs is 1. The Morgan fingerprint density at radius 1 is 1.50 bits per heavy atom. The normalized spacial score (nSPS) is 43.5. The molecule has 12 heavy (non-hydrogen) atoms. The Morgan fingerprint density at radius 2 is 2.17 bits per heavy atom. The summed E-state index contributed by atoms with van der Waals surface area (Å²) >= 11 is 0. The van der Waals surface area contributed by atoms with E-state index in [1.807, 2.05) is 0 Å². The minimum absolute atomic E-state index is 0. The number of rotatable bonds is 3. The predicted molar refractivity (Wildman–Crippen MR) is 48.5 cm³/mol. The summed E-state index contributed by atoms with van der Waals surface area (Å²) in [5.74, 6) is 0. The molecule has 0 radical (unpaired) electrons. The van der Waals surface area contributed by atoms with Gasteiger partial charge < -0.3 is 15.2 Å². The summed E-state index contributed by atoms with van der Waals surface area (Å²) in [6.07, 6.45) is 2.20. The molecule has 1 aliphatic carbocycles. The van der Waals surface area contributed by atoms with Gasteiger partial charge in [0.15, 0.2) is 0 Å². The van der Waals surface area contributed by atoms with Crippen LogP contribution in [0.1, 0.15) is 12.8 Å². The summed E-state index contributed by atoms with van der Waals surface area (Å²) in [5.41, 5.74) is 5.96. The van der Waals surface area contributed by atoms with E-state index < -0.39 is 0 Å². The van der Waals surface area contributed by atoms with E-state index in [-0.39, 0.29) is 18.0 Å². The number of halogens is 1. The van der Waals surface area contributed by atoms with E-state index in [1.165, 1.54) is 0 Å². The van der Waals surface area contributed by atoms with Crippen molar-refractivity contribution in [1.29, 1.82) is 0 Å². The third-order valence-electron chi connectivity index (χ3n) is 2.90. The van der Waals surface area contributed by atoms with Crippen LogP contribution in [0.15, 0.2) is 0 Å². The van der Waals surface area contributed by atoms with Gasteiger partial charge in [0, 0.05) is 19.1 Å². The number of hydrogen-bond acceptors (Lipinski definition) is 3. The van der Waals surface area contributed by atoms with Gasteiger partial charge in [-0.1, -0.05) is 0 Å². The van der Waals surface area contributed by atoms with Crippen LogP contribution in [0.3, 0.4) is 0 Å². The molecule has 3 rings (SSSR count). The molecular weight excluding hydrogens is 178 g/mol. The van der Waals surface area contributed by atoms with Crippen LogP contribution in [0, 0.1) is 5.41 Å². The van der Waals surface area contributed by atoms with Crippen molar-refractivity contribution in [3.8, 4) is 0 Å². The molecule has 0 atom stereocenters. The Balaban J connectivity index is 0.000000720. The average molecular weight is 194 g/mol. The molecule has 2 aliphatic heterocycles. The molecule has 3 nitrogen and oxygen atoms in total. The van der Waals surface area contributed by atoms with Crippen LogP contribution in [-0.4, -0.2) is 32.5 Å². The Kier molecular flexibility index (Phi) is 2.69. The van der Waals surface area contributed by atoms with Gasteiger partial charge in [0.1, 0.15) is 0 Å². The van der Waals surface area contributed by atoms with Gasteiger partial charge in [-0.2, -0.15) is 0 Å². The summed E-state index contributed by atoms with van der Waals surface area (Å²) in [4.78, 5) is 0. The molecule has 2 bridgehead atoms. The lowest BCUT2D eigenvalue weighted by atomic mass is 9.63. The van der Waals surface area contributed by atoms with Gasteiger partial charge >= 0.3 is 0 Å². The van der Waals surface area contributed by atoms with Crippen LogP contribution in [0.4, 0.5) is 0 Å². The molecule has 72 valence electrons. The smallest absolute Gasteiger partial charge is 0.0818 e. The lowest BCUT2D eigenvalue weighted by molar-refractivity contribution is -0.0271. The lowest BCUT2D eigenvalue weighted by Crippen LogP contribution is -2.50. The first kappa shape index (κ1) is 10.3. The molecule has 3 fully saturated rings. The molecule has 4 heteroatoms. The third-order valence-corrected chi connectivity index (χ3v) is 2.90. The van der Waals surface area contributed by atoms with Gasteiger partial charge in [-0.15, -0.1) is 12.4 Å². The maximum Gasteiger partial charge on any atom is 0.0818 e. The maximum absolute atomic E-state index is 5.61. The predicted octanol–water partition coefficient (Wildman–Crippen LogP) is 0.562. The zero-order valence-electron chi connectivity index (χ0n) is 7.34. The van der Waals surface area contributed by atoms with Gasteiger partial charge in [-0.25, -0.2) is 0 Å². The first-order valence-corrected chi connectivity index (χ1v) is 4.07. The number of nitrogens with two attached hydrogens (primary N) is 1. The van der Waals surface area contributed by atoms with Crippen LogP contribution in [0.5, 0.6) is 0 Å². The molecule has 0 aromatic rings. The van der Waals surface area contributed by atoms with E-state index in [4.69, 9.17) is 15.2 Å². The zero-order valence-corrected chi connectivity index (χ0v) is 8.15. The first-order chi connectivity index (χ1) is 5.24. The van der Waals surface area contributed by atoms with E-state index in [0.717, 1.165) is 26.1 Å². The second-order valence-corrected chi connectivity index (χ2v) is 3.96. The second-order valence-electron chi connectivity index (χ2n) is 3.96. The van der Waals surface area contributed by atoms with Gasteiger partial charge in [-0.3, -0.25) is 0 Å². The van der Waals surface area contributed by atoms with Gasteiger partial charge in [0.05, 0.1) is 18.8 Å². The van der Waals surface area contributed by atoms with Crippen LogP contribution >= 0.6 is 12.4 Å². The van der Waals surface area contributed by atoms with E-state index in [1.54, 1.807) is 7.11 Å². The fourth-order valence-electron chi connectivity index (χ4n) is 2.48. The summed E-state index contributed by atoms with van der Waals surface area (Å²) in [6.45, 7) is 2.34. The van der Waals surface area contributed by atoms with Crippen molar-refractivity contribution in [2.24, 2.45) is 11.1 Å². The number of hydrogen-bond donors (Lipinski definition) is 1. The highest BCUT2D eigenvalue weighted by atomic mass is 35.5. The molecule has 0 spiro atoms.